The molecule has 1 amide bonds. The summed E-state index contributed by atoms with van der Waals surface area (Å²) in [6, 6.07) is 12.6. The van der Waals surface area contributed by atoms with Gasteiger partial charge in [-0.05, 0) is 43.6 Å². The number of benzene rings is 2. The fourth-order valence-corrected chi connectivity index (χ4v) is 3.45. The first-order valence-corrected chi connectivity index (χ1v) is 9.86. The van der Waals surface area contributed by atoms with Crippen molar-refractivity contribution < 1.29 is 4.79 Å². The number of anilines is 1. The minimum Gasteiger partial charge on any atom is -0.324 e. The third-order valence-corrected chi connectivity index (χ3v) is 4.96. The summed E-state index contributed by atoms with van der Waals surface area (Å²) < 4.78 is 0. The summed E-state index contributed by atoms with van der Waals surface area (Å²) in [7, 11) is 1.79. The standard InChI is InChI=1S/C19H19ClN4O2S/c1-24(11-18(25)22-14-5-3-4-6-16(14)27-2)10-17-21-15-9-12(20)7-8-13(15)19(26)23-17/h3-9H,10-11H2,1-2H3,(H,22,25)(H,21,23,26). The molecule has 0 radical (unpaired) electrons. The first-order valence-electron chi connectivity index (χ1n) is 8.26. The van der Waals surface area contributed by atoms with E-state index in [1.807, 2.05) is 30.5 Å². The van der Waals surface area contributed by atoms with Crippen molar-refractivity contribution in [3.63, 3.8) is 0 Å². The molecule has 0 saturated heterocycles. The van der Waals surface area contributed by atoms with Crippen molar-refractivity contribution in [3.8, 4) is 0 Å². The number of fused-ring (bicyclic) bond motifs is 1. The Labute approximate surface area is 165 Å². The Kier molecular flexibility index (Phi) is 6.15. The molecule has 27 heavy (non-hydrogen) atoms. The highest BCUT2D eigenvalue weighted by molar-refractivity contribution is 7.98. The Morgan fingerprint density at radius 2 is 2.07 bits per heavy atom. The summed E-state index contributed by atoms with van der Waals surface area (Å²) in [6.07, 6.45) is 1.96. The molecule has 0 saturated carbocycles. The van der Waals surface area contributed by atoms with Gasteiger partial charge in [0.15, 0.2) is 0 Å². The van der Waals surface area contributed by atoms with Crippen molar-refractivity contribution >= 4 is 45.9 Å². The van der Waals surface area contributed by atoms with Crippen LogP contribution in [-0.4, -0.2) is 40.6 Å². The summed E-state index contributed by atoms with van der Waals surface area (Å²) >= 11 is 7.56. The Bertz CT molecular complexity index is 1040. The first kappa shape index (κ1) is 19.4. The SMILES string of the molecule is CSc1ccccc1NC(=O)CN(C)Cc1nc2cc(Cl)ccc2c(=O)[nH]1. The average Bonchev–Trinajstić information content (AvgIpc) is 2.61. The number of hydrogen-bond donors (Lipinski definition) is 2. The molecule has 1 heterocycles. The molecule has 2 N–H and O–H groups in total. The number of carbonyl (C=O) groups excluding carboxylic acids is 1. The number of H-pyrrole nitrogens is 1. The predicted octanol–water partition coefficient (Wildman–Crippen LogP) is 3.37. The number of halogens is 1. The maximum Gasteiger partial charge on any atom is 0.258 e. The molecule has 1 aromatic heterocycles. The largest absolute Gasteiger partial charge is 0.324 e. The lowest BCUT2D eigenvalue weighted by Crippen LogP contribution is -2.31. The molecule has 0 aliphatic rings. The summed E-state index contributed by atoms with van der Waals surface area (Å²) in [5.41, 5.74) is 1.10. The number of aromatic amines is 1. The second kappa shape index (κ2) is 8.56. The van der Waals surface area contributed by atoms with Gasteiger partial charge >= 0.3 is 0 Å². The van der Waals surface area contributed by atoms with Crippen LogP contribution < -0.4 is 10.9 Å². The lowest BCUT2D eigenvalue weighted by molar-refractivity contribution is -0.117. The van der Waals surface area contributed by atoms with Gasteiger partial charge in [-0.2, -0.15) is 0 Å². The zero-order valence-corrected chi connectivity index (χ0v) is 16.5. The van der Waals surface area contributed by atoms with Crippen LogP contribution in [0.15, 0.2) is 52.2 Å². The number of thioether (sulfide) groups is 1. The highest BCUT2D eigenvalue weighted by Crippen LogP contribution is 2.24. The Morgan fingerprint density at radius 1 is 1.30 bits per heavy atom. The molecule has 0 aliphatic carbocycles. The Hall–Kier alpha value is -2.35. The Morgan fingerprint density at radius 3 is 2.85 bits per heavy atom. The van der Waals surface area contributed by atoms with Gasteiger partial charge in [-0.25, -0.2) is 4.98 Å². The lowest BCUT2D eigenvalue weighted by Gasteiger charge is -2.16. The van der Waals surface area contributed by atoms with Crippen molar-refractivity contribution in [1.82, 2.24) is 14.9 Å². The van der Waals surface area contributed by atoms with Crippen molar-refractivity contribution in [3.05, 3.63) is 63.7 Å². The molecular weight excluding hydrogens is 384 g/mol. The molecule has 0 fully saturated rings. The summed E-state index contributed by atoms with van der Waals surface area (Å²) in [4.78, 5) is 34.5. The van der Waals surface area contributed by atoms with Gasteiger partial charge < -0.3 is 10.3 Å². The van der Waals surface area contributed by atoms with E-state index < -0.39 is 0 Å². The van der Waals surface area contributed by atoms with Crippen LogP contribution in [0.4, 0.5) is 5.69 Å². The zero-order valence-electron chi connectivity index (χ0n) is 15.0. The van der Waals surface area contributed by atoms with Gasteiger partial charge in [0.2, 0.25) is 5.91 Å². The van der Waals surface area contributed by atoms with E-state index in [2.05, 4.69) is 15.3 Å². The first-order chi connectivity index (χ1) is 13.0. The van der Waals surface area contributed by atoms with E-state index in [4.69, 9.17) is 11.6 Å². The normalized spacial score (nSPS) is 11.1. The van der Waals surface area contributed by atoms with Gasteiger partial charge in [0.25, 0.3) is 5.56 Å². The topological polar surface area (TPSA) is 78.1 Å². The number of para-hydroxylation sites is 1. The molecule has 0 aliphatic heterocycles. The van der Waals surface area contributed by atoms with Crippen molar-refractivity contribution in [1.29, 1.82) is 0 Å². The highest BCUT2D eigenvalue weighted by Gasteiger charge is 2.12. The number of aromatic nitrogens is 2. The van der Waals surface area contributed by atoms with Crippen LogP contribution in [0.5, 0.6) is 0 Å². The molecular formula is C19H19ClN4O2S. The van der Waals surface area contributed by atoms with Gasteiger partial charge in [0.1, 0.15) is 5.82 Å². The number of likely N-dealkylation sites (N-methyl/N-ethyl adjacent to an activating group) is 1. The smallest absolute Gasteiger partial charge is 0.258 e. The average molecular weight is 403 g/mol. The third-order valence-electron chi connectivity index (χ3n) is 3.93. The van der Waals surface area contributed by atoms with Crippen LogP contribution in [0.25, 0.3) is 10.9 Å². The van der Waals surface area contributed by atoms with E-state index in [0.29, 0.717) is 28.3 Å². The zero-order chi connectivity index (χ0) is 19.4. The van der Waals surface area contributed by atoms with E-state index in [-0.39, 0.29) is 18.0 Å². The van der Waals surface area contributed by atoms with Gasteiger partial charge in [0.05, 0.1) is 29.7 Å². The number of nitrogens with zero attached hydrogens (tertiary/aromatic N) is 2. The Balaban J connectivity index is 1.68. The highest BCUT2D eigenvalue weighted by atomic mass is 35.5. The molecule has 2 aromatic carbocycles. The maximum absolute atomic E-state index is 12.3. The van der Waals surface area contributed by atoms with E-state index in [1.54, 1.807) is 41.9 Å². The fraction of sp³-hybridized carbons (Fsp3) is 0.211. The van der Waals surface area contributed by atoms with Gasteiger partial charge in [-0.1, -0.05) is 23.7 Å². The third kappa shape index (κ3) is 4.88. The number of carbonyl (C=O) groups is 1. The number of amides is 1. The van der Waals surface area contributed by atoms with Crippen LogP contribution >= 0.6 is 23.4 Å². The summed E-state index contributed by atoms with van der Waals surface area (Å²) in [6.45, 7) is 0.495. The van der Waals surface area contributed by atoms with Gasteiger partial charge in [-0.3, -0.25) is 14.5 Å². The number of nitrogens with one attached hydrogen (secondary N) is 2. The molecule has 6 nitrogen and oxygen atoms in total. The molecule has 3 rings (SSSR count). The number of hydrogen-bond acceptors (Lipinski definition) is 5. The minimum absolute atomic E-state index is 0.134. The molecule has 0 spiro atoms. The van der Waals surface area contributed by atoms with Crippen molar-refractivity contribution in [2.24, 2.45) is 0 Å². The molecule has 140 valence electrons. The fourth-order valence-electron chi connectivity index (χ4n) is 2.73. The second-order valence-electron chi connectivity index (χ2n) is 6.09. The van der Waals surface area contributed by atoms with Gasteiger partial charge in [0, 0.05) is 9.92 Å². The van der Waals surface area contributed by atoms with Crippen molar-refractivity contribution in [2.75, 3.05) is 25.2 Å². The second-order valence-corrected chi connectivity index (χ2v) is 7.38. The van der Waals surface area contributed by atoms with E-state index in [0.717, 1.165) is 10.6 Å². The van der Waals surface area contributed by atoms with E-state index >= 15 is 0 Å². The van der Waals surface area contributed by atoms with E-state index in [1.165, 1.54) is 0 Å². The maximum atomic E-state index is 12.3. The van der Waals surface area contributed by atoms with Crippen LogP contribution in [0, 0.1) is 0 Å². The van der Waals surface area contributed by atoms with Crippen LogP contribution in [0.3, 0.4) is 0 Å². The summed E-state index contributed by atoms with van der Waals surface area (Å²) in [5.74, 6) is 0.347. The molecule has 0 bridgehead atoms. The van der Waals surface area contributed by atoms with Crippen LogP contribution in [-0.2, 0) is 11.3 Å². The van der Waals surface area contributed by atoms with E-state index in [9.17, 15) is 9.59 Å². The van der Waals surface area contributed by atoms with Gasteiger partial charge in [-0.15, -0.1) is 11.8 Å². The monoisotopic (exact) mass is 402 g/mol. The van der Waals surface area contributed by atoms with Crippen LogP contribution in [0.2, 0.25) is 5.02 Å². The lowest BCUT2D eigenvalue weighted by atomic mass is 10.2. The molecule has 3 aromatic rings. The molecule has 8 heteroatoms. The number of rotatable bonds is 6. The predicted molar refractivity (Wildman–Crippen MR) is 111 cm³/mol. The van der Waals surface area contributed by atoms with Crippen molar-refractivity contribution in [2.45, 2.75) is 11.4 Å². The minimum atomic E-state index is -0.224. The quantitative estimate of drug-likeness (QED) is 0.618. The van der Waals surface area contributed by atoms with Crippen LogP contribution in [0.1, 0.15) is 5.82 Å². The molecule has 0 atom stereocenters. The summed E-state index contributed by atoms with van der Waals surface area (Å²) in [5, 5.41) is 3.92. The molecule has 0 unspecified atom stereocenters.